The van der Waals surface area contributed by atoms with Crippen LogP contribution in [0.15, 0.2) is 28.7 Å². The number of hydrogen-bond acceptors (Lipinski definition) is 3. The number of para-hydroxylation sites is 1. The van der Waals surface area contributed by atoms with Crippen LogP contribution in [0.5, 0.6) is 0 Å². The number of furan rings is 1. The van der Waals surface area contributed by atoms with E-state index in [4.69, 9.17) is 9.15 Å². The van der Waals surface area contributed by atoms with Gasteiger partial charge in [0, 0.05) is 31.1 Å². The quantitative estimate of drug-likeness (QED) is 0.893. The van der Waals surface area contributed by atoms with Crippen molar-refractivity contribution in [3.8, 4) is 0 Å². The Bertz CT molecular complexity index is 564. The molecule has 1 aromatic carbocycles. The Labute approximate surface area is 113 Å². The van der Waals surface area contributed by atoms with E-state index in [9.17, 15) is 0 Å². The molecule has 0 saturated heterocycles. The van der Waals surface area contributed by atoms with Crippen LogP contribution in [0.2, 0.25) is 0 Å². The fraction of sp³-hybridized carbons (Fsp3) is 0.500. The Morgan fingerprint density at radius 1 is 1.32 bits per heavy atom. The lowest BCUT2D eigenvalue weighted by atomic mass is 9.80. The van der Waals surface area contributed by atoms with Crippen molar-refractivity contribution in [2.24, 2.45) is 0 Å². The largest absolute Gasteiger partial charge is 0.461 e. The van der Waals surface area contributed by atoms with Crippen molar-refractivity contribution in [3.63, 3.8) is 0 Å². The Morgan fingerprint density at radius 2 is 2.11 bits per heavy atom. The Balaban J connectivity index is 1.70. The van der Waals surface area contributed by atoms with Crippen molar-refractivity contribution in [3.05, 3.63) is 35.6 Å². The Morgan fingerprint density at radius 3 is 2.79 bits per heavy atom. The highest BCUT2D eigenvalue weighted by Gasteiger charge is 2.36. The maximum Gasteiger partial charge on any atom is 0.134 e. The summed E-state index contributed by atoms with van der Waals surface area (Å²) in [6.07, 6.45) is 3.62. The number of fused-ring (bicyclic) bond motifs is 1. The predicted octanol–water partition coefficient (Wildman–Crippen LogP) is 3.40. The molecule has 19 heavy (non-hydrogen) atoms. The van der Waals surface area contributed by atoms with Gasteiger partial charge in [-0.3, -0.25) is 0 Å². The smallest absolute Gasteiger partial charge is 0.134 e. The van der Waals surface area contributed by atoms with Crippen LogP contribution < -0.4 is 5.32 Å². The van der Waals surface area contributed by atoms with Gasteiger partial charge in [-0.25, -0.2) is 0 Å². The molecule has 1 saturated carbocycles. The van der Waals surface area contributed by atoms with Crippen molar-refractivity contribution in [2.75, 3.05) is 13.7 Å². The van der Waals surface area contributed by atoms with Crippen molar-refractivity contribution < 1.29 is 9.15 Å². The minimum absolute atomic E-state index is 0.0768. The van der Waals surface area contributed by atoms with Crippen molar-refractivity contribution in [1.29, 1.82) is 0 Å². The highest BCUT2D eigenvalue weighted by molar-refractivity contribution is 5.82. The monoisotopic (exact) mass is 259 g/mol. The molecule has 2 aromatic rings. The van der Waals surface area contributed by atoms with Crippen LogP contribution in [-0.2, 0) is 11.3 Å². The molecular weight excluding hydrogens is 238 g/mol. The summed E-state index contributed by atoms with van der Waals surface area (Å²) in [7, 11) is 1.82. The van der Waals surface area contributed by atoms with E-state index in [1.807, 2.05) is 26.2 Å². The third-order valence-electron chi connectivity index (χ3n) is 4.35. The van der Waals surface area contributed by atoms with Crippen LogP contribution in [0.3, 0.4) is 0 Å². The molecule has 1 N–H and O–H groups in total. The van der Waals surface area contributed by atoms with Gasteiger partial charge in [-0.15, -0.1) is 0 Å². The molecule has 1 aliphatic carbocycles. The summed E-state index contributed by atoms with van der Waals surface area (Å²) < 4.78 is 11.4. The molecule has 1 aromatic heterocycles. The summed E-state index contributed by atoms with van der Waals surface area (Å²) in [5.41, 5.74) is 2.32. The Kier molecular flexibility index (Phi) is 3.33. The highest BCUT2D eigenvalue weighted by Crippen LogP contribution is 2.34. The number of methoxy groups -OCH3 is 1. The van der Waals surface area contributed by atoms with Crippen LogP contribution in [0, 0.1) is 6.92 Å². The first-order chi connectivity index (χ1) is 9.24. The van der Waals surface area contributed by atoms with E-state index >= 15 is 0 Å². The maximum absolute atomic E-state index is 5.78. The fourth-order valence-corrected chi connectivity index (χ4v) is 2.88. The number of rotatable bonds is 5. The van der Waals surface area contributed by atoms with Gasteiger partial charge in [-0.05, 0) is 32.3 Å². The van der Waals surface area contributed by atoms with Crippen LogP contribution >= 0.6 is 0 Å². The van der Waals surface area contributed by atoms with Gasteiger partial charge in [0.1, 0.15) is 11.3 Å². The molecule has 3 heteroatoms. The van der Waals surface area contributed by atoms with E-state index in [0.717, 1.165) is 24.4 Å². The third-order valence-corrected chi connectivity index (χ3v) is 4.35. The molecular formula is C16H21NO2. The molecule has 0 unspecified atom stereocenters. The molecule has 1 fully saturated rings. The zero-order chi connectivity index (χ0) is 13.3. The van der Waals surface area contributed by atoms with Gasteiger partial charge in [-0.1, -0.05) is 18.2 Å². The zero-order valence-corrected chi connectivity index (χ0v) is 11.7. The van der Waals surface area contributed by atoms with Crippen molar-refractivity contribution in [2.45, 2.75) is 38.3 Å². The summed E-state index contributed by atoms with van der Waals surface area (Å²) in [6, 6.07) is 8.22. The van der Waals surface area contributed by atoms with Gasteiger partial charge in [0.15, 0.2) is 0 Å². The van der Waals surface area contributed by atoms with Crippen LogP contribution in [0.4, 0.5) is 0 Å². The molecule has 1 heterocycles. The first-order valence-electron chi connectivity index (χ1n) is 6.97. The van der Waals surface area contributed by atoms with Crippen molar-refractivity contribution in [1.82, 2.24) is 5.32 Å². The van der Waals surface area contributed by atoms with Gasteiger partial charge in [0.2, 0.25) is 0 Å². The van der Waals surface area contributed by atoms with Gasteiger partial charge in [0.25, 0.3) is 0 Å². The molecule has 3 rings (SSSR count). The second-order valence-electron chi connectivity index (χ2n) is 5.48. The van der Waals surface area contributed by atoms with Crippen LogP contribution in [-0.4, -0.2) is 19.3 Å². The SMILES string of the molecule is COC1(CNCc2c(C)oc3ccccc23)CCC1. The van der Waals surface area contributed by atoms with E-state index in [0.29, 0.717) is 0 Å². The van der Waals surface area contributed by atoms with Crippen LogP contribution in [0.1, 0.15) is 30.6 Å². The zero-order valence-electron chi connectivity index (χ0n) is 11.7. The lowest BCUT2D eigenvalue weighted by Gasteiger charge is -2.40. The fourth-order valence-electron chi connectivity index (χ4n) is 2.88. The number of ether oxygens (including phenoxy) is 1. The van der Waals surface area contributed by atoms with Gasteiger partial charge >= 0.3 is 0 Å². The lowest BCUT2D eigenvalue weighted by molar-refractivity contribution is -0.0695. The van der Waals surface area contributed by atoms with E-state index < -0.39 is 0 Å². The topological polar surface area (TPSA) is 34.4 Å². The minimum Gasteiger partial charge on any atom is -0.461 e. The molecule has 0 bridgehead atoms. The van der Waals surface area contributed by atoms with E-state index in [2.05, 4.69) is 17.4 Å². The first kappa shape index (κ1) is 12.7. The standard InChI is InChI=1S/C16H21NO2/c1-12-14(13-6-3-4-7-15(13)19-12)10-17-11-16(18-2)8-5-9-16/h3-4,6-7,17H,5,8-11H2,1-2H3. The average Bonchev–Trinajstić information content (AvgIpc) is 2.69. The molecule has 1 aliphatic rings. The summed E-state index contributed by atoms with van der Waals surface area (Å²) in [6.45, 7) is 3.79. The second kappa shape index (κ2) is 4.99. The molecule has 0 amide bonds. The van der Waals surface area contributed by atoms with E-state index in [1.165, 1.54) is 30.2 Å². The molecule has 102 valence electrons. The predicted molar refractivity (Wildman–Crippen MR) is 76.2 cm³/mol. The summed E-state index contributed by atoms with van der Waals surface area (Å²) in [5.74, 6) is 1.01. The first-order valence-corrected chi connectivity index (χ1v) is 6.97. The minimum atomic E-state index is 0.0768. The molecule has 3 nitrogen and oxygen atoms in total. The lowest BCUT2D eigenvalue weighted by Crippen LogP contribution is -2.47. The molecule has 0 atom stereocenters. The van der Waals surface area contributed by atoms with Gasteiger partial charge in [0.05, 0.1) is 5.60 Å². The number of aryl methyl sites for hydroxylation is 1. The molecule has 0 aliphatic heterocycles. The van der Waals surface area contributed by atoms with Gasteiger partial charge in [-0.2, -0.15) is 0 Å². The Hall–Kier alpha value is -1.32. The van der Waals surface area contributed by atoms with Gasteiger partial charge < -0.3 is 14.5 Å². The number of hydrogen-bond donors (Lipinski definition) is 1. The molecule has 0 radical (unpaired) electrons. The van der Waals surface area contributed by atoms with Crippen LogP contribution in [0.25, 0.3) is 11.0 Å². The number of benzene rings is 1. The molecule has 0 spiro atoms. The van der Waals surface area contributed by atoms with E-state index in [1.54, 1.807) is 0 Å². The second-order valence-corrected chi connectivity index (χ2v) is 5.48. The van der Waals surface area contributed by atoms with Crippen molar-refractivity contribution >= 4 is 11.0 Å². The third kappa shape index (κ3) is 2.28. The normalized spacial score (nSPS) is 17.6. The maximum atomic E-state index is 5.78. The summed E-state index contributed by atoms with van der Waals surface area (Å²) in [5, 5.41) is 4.74. The summed E-state index contributed by atoms with van der Waals surface area (Å²) in [4.78, 5) is 0. The highest BCUT2D eigenvalue weighted by atomic mass is 16.5. The number of nitrogens with one attached hydrogen (secondary N) is 1. The summed E-state index contributed by atoms with van der Waals surface area (Å²) >= 11 is 0. The van der Waals surface area contributed by atoms with E-state index in [-0.39, 0.29) is 5.60 Å². The average molecular weight is 259 g/mol.